The molecule has 4 rings (SSSR count). The average Bonchev–Trinajstić information content (AvgIpc) is 3.37. The van der Waals surface area contributed by atoms with Gasteiger partial charge in [-0.25, -0.2) is 0 Å². The van der Waals surface area contributed by atoms with Gasteiger partial charge >= 0.3 is 6.18 Å². The zero-order valence-corrected chi connectivity index (χ0v) is 16.7. The summed E-state index contributed by atoms with van der Waals surface area (Å²) >= 11 is 1.45. The molecule has 0 amide bonds. The van der Waals surface area contributed by atoms with E-state index in [2.05, 4.69) is 0 Å². The fraction of sp³-hybridized carbons (Fsp3) is 0.364. The van der Waals surface area contributed by atoms with E-state index >= 15 is 0 Å². The van der Waals surface area contributed by atoms with Gasteiger partial charge in [-0.15, -0.1) is 11.3 Å². The summed E-state index contributed by atoms with van der Waals surface area (Å²) in [4.78, 5) is 26.2. The van der Waals surface area contributed by atoms with Crippen molar-refractivity contribution in [2.75, 3.05) is 0 Å². The van der Waals surface area contributed by atoms with Gasteiger partial charge in [0, 0.05) is 22.3 Å². The Balaban J connectivity index is 1.70. The number of halogens is 3. The largest absolute Gasteiger partial charge is 0.506 e. The number of thiophene rings is 1. The molecule has 8 heteroatoms. The minimum Gasteiger partial charge on any atom is -0.506 e. The fourth-order valence-corrected chi connectivity index (χ4v) is 4.77. The molecule has 0 aliphatic heterocycles. The summed E-state index contributed by atoms with van der Waals surface area (Å²) in [5, 5.41) is 12.7. The predicted molar refractivity (Wildman–Crippen MR) is 105 cm³/mol. The fourth-order valence-electron chi connectivity index (χ4n) is 4.13. The number of Topliss-reactive ketones (excluding diaryl/α,β-unsaturated/α-hetero) is 2. The average molecular weight is 436 g/mol. The lowest BCUT2D eigenvalue weighted by atomic mass is 9.81. The number of carbonyl (C=O) groups is 2. The van der Waals surface area contributed by atoms with Crippen LogP contribution in [0.4, 0.5) is 13.2 Å². The molecule has 0 radical (unpaired) electrons. The number of rotatable bonds is 5. The third-order valence-corrected chi connectivity index (χ3v) is 6.52. The molecule has 2 bridgehead atoms. The van der Waals surface area contributed by atoms with Gasteiger partial charge < -0.3 is 9.84 Å². The first kappa shape index (κ1) is 20.8. The van der Waals surface area contributed by atoms with E-state index in [-0.39, 0.29) is 41.7 Å². The van der Waals surface area contributed by atoms with Crippen molar-refractivity contribution in [3.8, 4) is 0 Å². The van der Waals surface area contributed by atoms with Crippen LogP contribution < -0.4 is 0 Å². The summed E-state index contributed by atoms with van der Waals surface area (Å²) in [5.41, 5.74) is -1.08. The van der Waals surface area contributed by atoms with Crippen LogP contribution in [0.1, 0.15) is 40.8 Å². The normalized spacial score (nSPS) is 21.4. The molecular weight excluding hydrogens is 417 g/mol. The monoisotopic (exact) mass is 436 g/mol. The van der Waals surface area contributed by atoms with Crippen molar-refractivity contribution in [1.29, 1.82) is 0 Å². The molecule has 1 heterocycles. The third-order valence-electron chi connectivity index (χ3n) is 5.67. The van der Waals surface area contributed by atoms with Gasteiger partial charge in [0.2, 0.25) is 0 Å². The molecule has 2 unspecified atom stereocenters. The summed E-state index contributed by atoms with van der Waals surface area (Å²) in [6.07, 6.45) is -2.90. The van der Waals surface area contributed by atoms with E-state index in [9.17, 15) is 27.9 Å². The molecule has 2 saturated carbocycles. The van der Waals surface area contributed by atoms with Gasteiger partial charge in [0.05, 0.1) is 18.8 Å². The number of hydrogen-bond donors (Lipinski definition) is 1. The van der Waals surface area contributed by atoms with E-state index in [4.69, 9.17) is 4.74 Å². The van der Waals surface area contributed by atoms with Crippen LogP contribution in [0.15, 0.2) is 41.3 Å². The Kier molecular flexibility index (Phi) is 5.55. The highest BCUT2D eigenvalue weighted by Gasteiger charge is 2.45. The lowest BCUT2D eigenvalue weighted by Gasteiger charge is -2.21. The van der Waals surface area contributed by atoms with Gasteiger partial charge in [-0.3, -0.25) is 9.59 Å². The first-order valence-electron chi connectivity index (χ1n) is 9.58. The molecular formula is C22H19F3O4S. The molecule has 158 valence electrons. The maximum absolute atomic E-state index is 13.2. The van der Waals surface area contributed by atoms with Crippen molar-refractivity contribution in [2.45, 2.75) is 38.7 Å². The zero-order valence-electron chi connectivity index (χ0n) is 15.9. The van der Waals surface area contributed by atoms with Crippen LogP contribution >= 0.6 is 11.3 Å². The lowest BCUT2D eigenvalue weighted by Crippen LogP contribution is -2.30. The maximum Gasteiger partial charge on any atom is 0.416 e. The van der Waals surface area contributed by atoms with Gasteiger partial charge in [0.15, 0.2) is 11.6 Å². The summed E-state index contributed by atoms with van der Waals surface area (Å²) in [7, 11) is 0. The quantitative estimate of drug-likeness (QED) is 0.391. The summed E-state index contributed by atoms with van der Waals surface area (Å²) in [6, 6.07) is 6.51. The number of carbonyl (C=O) groups excluding carboxylic acids is 2. The standard InChI is InChI=1S/C22H19F3O4S/c23-22(24,25)15-5-6-17(14(9-15)10-29-11-16-2-1-7-30-16)21(28)18-19(26)12-3-4-13(8-12)20(18)27/h1-2,5-7,9,12-13,28H,3-4,8,10-11H2. The second kappa shape index (κ2) is 8.00. The molecule has 0 spiro atoms. The van der Waals surface area contributed by atoms with E-state index < -0.39 is 29.1 Å². The van der Waals surface area contributed by atoms with Gasteiger partial charge in [-0.05, 0) is 48.4 Å². The molecule has 1 N–H and O–H groups in total. The second-order valence-electron chi connectivity index (χ2n) is 7.60. The predicted octanol–water partition coefficient (Wildman–Crippen LogP) is 5.32. The van der Waals surface area contributed by atoms with E-state index in [0.29, 0.717) is 19.3 Å². The maximum atomic E-state index is 13.2. The number of fused-ring (bicyclic) bond motifs is 2. The number of ketones is 2. The first-order chi connectivity index (χ1) is 14.3. The number of alkyl halides is 3. The molecule has 30 heavy (non-hydrogen) atoms. The minimum absolute atomic E-state index is 0.0205. The van der Waals surface area contributed by atoms with Gasteiger partial charge in [-0.2, -0.15) is 13.2 Å². The van der Waals surface area contributed by atoms with Gasteiger partial charge in [-0.1, -0.05) is 12.1 Å². The van der Waals surface area contributed by atoms with Crippen molar-refractivity contribution in [3.05, 3.63) is 62.9 Å². The van der Waals surface area contributed by atoms with Crippen molar-refractivity contribution in [2.24, 2.45) is 11.8 Å². The lowest BCUT2D eigenvalue weighted by molar-refractivity contribution is -0.137. The zero-order chi connectivity index (χ0) is 21.5. The van der Waals surface area contributed by atoms with Crippen molar-refractivity contribution < 1.29 is 32.6 Å². The molecule has 1 aromatic heterocycles. The van der Waals surface area contributed by atoms with E-state index in [1.165, 1.54) is 11.3 Å². The Morgan fingerprint density at radius 1 is 1.10 bits per heavy atom. The number of benzene rings is 1. The number of hydrogen-bond acceptors (Lipinski definition) is 5. The van der Waals surface area contributed by atoms with Crippen LogP contribution in [0.5, 0.6) is 0 Å². The molecule has 0 saturated heterocycles. The Bertz CT molecular complexity index is 984. The molecule has 2 aliphatic rings. The Hall–Kier alpha value is -2.45. The first-order valence-corrected chi connectivity index (χ1v) is 10.5. The van der Waals surface area contributed by atoms with Crippen LogP contribution in [0.2, 0.25) is 0 Å². The minimum atomic E-state index is -4.57. The smallest absolute Gasteiger partial charge is 0.416 e. The number of aliphatic hydroxyl groups is 1. The molecule has 2 atom stereocenters. The van der Waals surface area contributed by atoms with Crippen molar-refractivity contribution in [1.82, 2.24) is 0 Å². The molecule has 1 aromatic carbocycles. The van der Waals surface area contributed by atoms with Gasteiger partial charge in [0.1, 0.15) is 11.3 Å². The number of aliphatic hydroxyl groups excluding tert-OH is 1. The molecule has 2 aromatic rings. The van der Waals surface area contributed by atoms with Crippen LogP contribution in [0, 0.1) is 11.8 Å². The summed E-state index contributed by atoms with van der Waals surface area (Å²) in [6.45, 7) is -0.00355. The van der Waals surface area contributed by atoms with Crippen LogP contribution in [-0.4, -0.2) is 16.7 Å². The van der Waals surface area contributed by atoms with Crippen LogP contribution in [-0.2, 0) is 33.7 Å². The number of allylic oxidation sites excluding steroid dienone is 1. The number of ether oxygens (including phenoxy) is 1. The highest BCUT2D eigenvalue weighted by Crippen LogP contribution is 2.42. The van der Waals surface area contributed by atoms with Crippen LogP contribution in [0.25, 0.3) is 5.76 Å². The highest BCUT2D eigenvalue weighted by molar-refractivity contribution is 7.09. The van der Waals surface area contributed by atoms with E-state index in [1.54, 1.807) is 0 Å². The Labute approximate surface area is 175 Å². The Morgan fingerprint density at radius 3 is 2.40 bits per heavy atom. The van der Waals surface area contributed by atoms with Crippen molar-refractivity contribution in [3.63, 3.8) is 0 Å². The van der Waals surface area contributed by atoms with Gasteiger partial charge in [0.25, 0.3) is 0 Å². The molecule has 4 nitrogen and oxygen atoms in total. The highest BCUT2D eigenvalue weighted by atomic mass is 32.1. The third kappa shape index (κ3) is 3.94. The Morgan fingerprint density at radius 2 is 1.80 bits per heavy atom. The topological polar surface area (TPSA) is 63.6 Å². The van der Waals surface area contributed by atoms with E-state index in [1.807, 2.05) is 17.5 Å². The second-order valence-corrected chi connectivity index (χ2v) is 8.63. The SMILES string of the molecule is O=C1C(=C(O)c2ccc(C(F)(F)F)cc2COCc2cccs2)C(=O)C2CCC1C2. The van der Waals surface area contributed by atoms with Crippen LogP contribution in [0.3, 0.4) is 0 Å². The summed E-state index contributed by atoms with van der Waals surface area (Å²) in [5.74, 6) is -2.01. The molecule has 2 fully saturated rings. The summed E-state index contributed by atoms with van der Waals surface area (Å²) < 4.78 is 45.2. The van der Waals surface area contributed by atoms with Crippen molar-refractivity contribution >= 4 is 28.7 Å². The molecule has 2 aliphatic carbocycles. The van der Waals surface area contributed by atoms with E-state index in [0.717, 1.165) is 23.1 Å².